The summed E-state index contributed by atoms with van der Waals surface area (Å²) in [5.74, 6) is -0.224. The molecule has 30 heavy (non-hydrogen) atoms. The molecule has 0 unspecified atom stereocenters. The lowest BCUT2D eigenvalue weighted by Gasteiger charge is -2.39. The summed E-state index contributed by atoms with van der Waals surface area (Å²) in [6.45, 7) is 5.96. The van der Waals surface area contributed by atoms with Crippen molar-refractivity contribution in [3.63, 3.8) is 0 Å². The van der Waals surface area contributed by atoms with Crippen molar-refractivity contribution in [3.8, 4) is 0 Å². The second-order valence-electron chi connectivity index (χ2n) is 7.45. The van der Waals surface area contributed by atoms with Crippen LogP contribution in [0.5, 0.6) is 0 Å². The first-order valence-corrected chi connectivity index (χ1v) is 12.2. The number of piperazine rings is 1. The Morgan fingerprint density at radius 2 is 1.57 bits per heavy atom. The number of halogens is 2. The zero-order chi connectivity index (χ0) is 22.1. The maximum absolute atomic E-state index is 13.1. The van der Waals surface area contributed by atoms with E-state index in [0.717, 1.165) is 21.8 Å². The molecule has 0 spiro atoms. The van der Waals surface area contributed by atoms with Crippen molar-refractivity contribution >= 4 is 50.5 Å². The van der Waals surface area contributed by atoms with Gasteiger partial charge in [0.15, 0.2) is 0 Å². The average Bonchev–Trinajstić information content (AvgIpc) is 2.70. The molecule has 2 aromatic carbocycles. The molecule has 3 rings (SSSR count). The molecule has 1 heterocycles. The van der Waals surface area contributed by atoms with Gasteiger partial charge in [-0.1, -0.05) is 29.3 Å². The number of sulfonamides is 1. The molecule has 1 aliphatic rings. The molecule has 1 amide bonds. The lowest BCUT2D eigenvalue weighted by atomic mass is 10.1. The Morgan fingerprint density at radius 1 is 1.00 bits per heavy atom. The summed E-state index contributed by atoms with van der Waals surface area (Å²) in [5, 5.41) is 1.17. The third-order valence-corrected chi connectivity index (χ3v) is 6.98. The normalized spacial score (nSPS) is 15.8. The Labute approximate surface area is 188 Å². The molecule has 9 heteroatoms. The monoisotopic (exact) mass is 469 g/mol. The smallest absolute Gasteiger partial charge is 0.246 e. The van der Waals surface area contributed by atoms with Crippen molar-refractivity contribution in [3.05, 3.63) is 58.1 Å². The van der Waals surface area contributed by atoms with Gasteiger partial charge in [0.05, 0.1) is 11.9 Å². The largest absolute Gasteiger partial charge is 0.368 e. The van der Waals surface area contributed by atoms with Crippen LogP contribution >= 0.6 is 23.2 Å². The number of benzene rings is 2. The summed E-state index contributed by atoms with van der Waals surface area (Å²) >= 11 is 12.1. The molecule has 0 radical (unpaired) electrons. The van der Waals surface area contributed by atoms with E-state index in [1.54, 1.807) is 36.1 Å². The average molecular weight is 470 g/mol. The highest BCUT2D eigenvalue weighted by Crippen LogP contribution is 2.27. The van der Waals surface area contributed by atoms with Crippen LogP contribution in [0.25, 0.3) is 0 Å². The third kappa shape index (κ3) is 5.02. The maximum atomic E-state index is 13.1. The maximum Gasteiger partial charge on any atom is 0.246 e. The zero-order valence-electron chi connectivity index (χ0n) is 17.2. The fraction of sp³-hybridized carbons (Fsp3) is 0.381. The van der Waals surface area contributed by atoms with Crippen molar-refractivity contribution in [1.82, 2.24) is 4.90 Å². The second-order valence-corrected chi connectivity index (χ2v) is 10.2. The molecule has 1 aliphatic heterocycles. The van der Waals surface area contributed by atoms with Gasteiger partial charge in [-0.3, -0.25) is 9.10 Å². The number of hydrogen-bond donors (Lipinski definition) is 0. The van der Waals surface area contributed by atoms with Crippen LogP contribution in [-0.4, -0.2) is 57.7 Å². The van der Waals surface area contributed by atoms with Crippen LogP contribution in [0.3, 0.4) is 0 Å². The van der Waals surface area contributed by atoms with Gasteiger partial charge in [-0.05, 0) is 55.8 Å². The number of nitrogens with zero attached hydrogens (tertiary/aromatic N) is 3. The van der Waals surface area contributed by atoms with E-state index < -0.39 is 16.1 Å². The number of rotatable bonds is 5. The molecule has 0 saturated carbocycles. The Hall–Kier alpha value is -1.96. The summed E-state index contributed by atoms with van der Waals surface area (Å²) in [5.41, 5.74) is 2.59. The van der Waals surface area contributed by atoms with Crippen molar-refractivity contribution in [2.75, 3.05) is 41.6 Å². The van der Waals surface area contributed by atoms with Crippen LogP contribution in [0.2, 0.25) is 10.0 Å². The van der Waals surface area contributed by atoms with Gasteiger partial charge < -0.3 is 9.80 Å². The SMILES string of the molecule is Cc1ccc(Cl)cc1N1CCN(C(=O)[C@H](C)N(c2ccc(Cl)cc2)S(C)(=O)=O)CC1. The highest BCUT2D eigenvalue weighted by Gasteiger charge is 2.33. The summed E-state index contributed by atoms with van der Waals surface area (Å²) in [7, 11) is -3.66. The van der Waals surface area contributed by atoms with Gasteiger partial charge in [0.1, 0.15) is 6.04 Å². The van der Waals surface area contributed by atoms with Crippen LogP contribution in [0.1, 0.15) is 12.5 Å². The number of aryl methyl sites for hydroxylation is 1. The predicted molar refractivity (Wildman–Crippen MR) is 123 cm³/mol. The van der Waals surface area contributed by atoms with Crippen LogP contribution in [-0.2, 0) is 14.8 Å². The van der Waals surface area contributed by atoms with Gasteiger partial charge in [0, 0.05) is 41.9 Å². The van der Waals surface area contributed by atoms with E-state index in [0.29, 0.717) is 41.9 Å². The Kier molecular flexibility index (Phi) is 6.84. The van der Waals surface area contributed by atoms with E-state index in [2.05, 4.69) is 4.90 Å². The van der Waals surface area contributed by atoms with E-state index in [1.807, 2.05) is 25.1 Å². The molecule has 0 bridgehead atoms. The highest BCUT2D eigenvalue weighted by molar-refractivity contribution is 7.92. The van der Waals surface area contributed by atoms with Gasteiger partial charge in [0.25, 0.3) is 0 Å². The lowest BCUT2D eigenvalue weighted by Crippen LogP contribution is -2.55. The summed E-state index contributed by atoms with van der Waals surface area (Å²) < 4.78 is 26.1. The number of amides is 1. The molecule has 0 aliphatic carbocycles. The number of hydrogen-bond acceptors (Lipinski definition) is 4. The Morgan fingerprint density at radius 3 is 2.13 bits per heavy atom. The molecule has 0 N–H and O–H groups in total. The molecular weight excluding hydrogens is 445 g/mol. The Balaban J connectivity index is 1.74. The van der Waals surface area contributed by atoms with Gasteiger partial charge in [-0.15, -0.1) is 0 Å². The number of anilines is 2. The van der Waals surface area contributed by atoms with Crippen LogP contribution in [0, 0.1) is 6.92 Å². The summed E-state index contributed by atoms with van der Waals surface area (Å²) in [6.07, 6.45) is 1.10. The van der Waals surface area contributed by atoms with Gasteiger partial charge in [0.2, 0.25) is 15.9 Å². The van der Waals surface area contributed by atoms with Crippen LogP contribution in [0.15, 0.2) is 42.5 Å². The van der Waals surface area contributed by atoms with Crippen LogP contribution in [0.4, 0.5) is 11.4 Å². The quantitative estimate of drug-likeness (QED) is 0.667. The van der Waals surface area contributed by atoms with E-state index >= 15 is 0 Å². The molecule has 0 aromatic heterocycles. The fourth-order valence-electron chi connectivity index (χ4n) is 3.75. The number of carbonyl (C=O) groups is 1. The summed E-state index contributed by atoms with van der Waals surface area (Å²) in [4.78, 5) is 17.1. The summed E-state index contributed by atoms with van der Waals surface area (Å²) in [6, 6.07) is 11.3. The van der Waals surface area contributed by atoms with Gasteiger partial charge >= 0.3 is 0 Å². The van der Waals surface area contributed by atoms with Crippen LogP contribution < -0.4 is 9.21 Å². The second kappa shape index (κ2) is 9.04. The number of carbonyl (C=O) groups excluding carboxylic acids is 1. The highest BCUT2D eigenvalue weighted by atomic mass is 35.5. The van der Waals surface area contributed by atoms with Crippen molar-refractivity contribution < 1.29 is 13.2 Å². The first-order chi connectivity index (χ1) is 14.1. The van der Waals surface area contributed by atoms with E-state index in [4.69, 9.17) is 23.2 Å². The van der Waals surface area contributed by atoms with Crippen molar-refractivity contribution in [2.24, 2.45) is 0 Å². The first-order valence-electron chi connectivity index (χ1n) is 9.63. The molecule has 1 fully saturated rings. The standard InChI is InChI=1S/C21H25Cl2N3O3S/c1-15-4-5-18(23)14-20(15)24-10-12-25(13-11-24)21(27)16(2)26(30(3,28)29)19-8-6-17(22)7-9-19/h4-9,14,16H,10-13H2,1-3H3/t16-/m0/s1. The minimum Gasteiger partial charge on any atom is -0.368 e. The van der Waals surface area contributed by atoms with Crippen molar-refractivity contribution in [2.45, 2.75) is 19.9 Å². The van der Waals surface area contributed by atoms with E-state index in [-0.39, 0.29) is 5.91 Å². The first kappa shape index (κ1) is 22.7. The molecule has 6 nitrogen and oxygen atoms in total. The fourth-order valence-corrected chi connectivity index (χ4v) is 5.21. The molecule has 1 atom stereocenters. The lowest BCUT2D eigenvalue weighted by molar-refractivity contribution is -0.132. The third-order valence-electron chi connectivity index (χ3n) is 5.25. The predicted octanol–water partition coefficient (Wildman–Crippen LogP) is 3.81. The van der Waals surface area contributed by atoms with Gasteiger partial charge in [-0.25, -0.2) is 8.42 Å². The zero-order valence-corrected chi connectivity index (χ0v) is 19.5. The minimum atomic E-state index is -3.66. The topological polar surface area (TPSA) is 60.9 Å². The molecule has 162 valence electrons. The minimum absolute atomic E-state index is 0.224. The molecule has 1 saturated heterocycles. The van der Waals surface area contributed by atoms with Gasteiger partial charge in [-0.2, -0.15) is 0 Å². The van der Waals surface area contributed by atoms with Crippen molar-refractivity contribution in [1.29, 1.82) is 0 Å². The Bertz CT molecular complexity index is 1020. The molecular formula is C21H25Cl2N3O3S. The van der Waals surface area contributed by atoms with E-state index in [1.165, 1.54) is 0 Å². The van der Waals surface area contributed by atoms with E-state index in [9.17, 15) is 13.2 Å². The molecule has 2 aromatic rings.